The number of hydrogen-bond donors (Lipinski definition) is 0. The highest BCUT2D eigenvalue weighted by Gasteiger charge is 2.21. The van der Waals surface area contributed by atoms with E-state index in [9.17, 15) is 0 Å². The van der Waals surface area contributed by atoms with Crippen LogP contribution in [0.3, 0.4) is 0 Å². The third-order valence-electron chi connectivity index (χ3n) is 4.47. The maximum Gasteiger partial charge on any atom is 0.0398 e. The Kier molecular flexibility index (Phi) is 3.77. The Morgan fingerprint density at radius 1 is 0.900 bits per heavy atom. The molecule has 0 saturated carbocycles. The lowest BCUT2D eigenvalue weighted by molar-refractivity contribution is 0.505. The van der Waals surface area contributed by atoms with Crippen molar-refractivity contribution in [2.75, 3.05) is 18.0 Å². The maximum atomic E-state index is 2.56. The van der Waals surface area contributed by atoms with Crippen molar-refractivity contribution >= 4 is 5.69 Å². The van der Waals surface area contributed by atoms with Crippen LogP contribution in [0.4, 0.5) is 5.69 Å². The number of aryl methyl sites for hydroxylation is 2. The minimum Gasteiger partial charge on any atom is -0.371 e. The van der Waals surface area contributed by atoms with Crippen LogP contribution in [0.15, 0.2) is 48.5 Å². The van der Waals surface area contributed by atoms with Gasteiger partial charge in [-0.25, -0.2) is 0 Å². The number of benzene rings is 2. The van der Waals surface area contributed by atoms with Gasteiger partial charge in [-0.1, -0.05) is 42.5 Å². The van der Waals surface area contributed by atoms with Crippen molar-refractivity contribution in [3.05, 3.63) is 65.2 Å². The van der Waals surface area contributed by atoms with Crippen molar-refractivity contribution in [2.45, 2.75) is 32.6 Å². The van der Waals surface area contributed by atoms with Crippen molar-refractivity contribution in [1.29, 1.82) is 0 Å². The second-order valence-corrected chi connectivity index (χ2v) is 5.96. The molecule has 3 rings (SSSR count). The van der Waals surface area contributed by atoms with E-state index in [2.05, 4.69) is 67.3 Å². The molecule has 1 fully saturated rings. The predicted molar refractivity (Wildman–Crippen MR) is 86.5 cm³/mol. The molecule has 1 aliphatic rings. The Bertz CT molecular complexity index is 566. The SMILES string of the molecule is Cc1ccc(C)c(N2CCC(c3ccccc3)CC2)c1. The summed E-state index contributed by atoms with van der Waals surface area (Å²) in [5.74, 6) is 0.734. The van der Waals surface area contributed by atoms with Crippen LogP contribution in [-0.4, -0.2) is 13.1 Å². The van der Waals surface area contributed by atoms with Crippen molar-refractivity contribution in [3.63, 3.8) is 0 Å². The zero-order chi connectivity index (χ0) is 13.9. The third kappa shape index (κ3) is 2.72. The summed E-state index contributed by atoms with van der Waals surface area (Å²) < 4.78 is 0. The Labute approximate surface area is 122 Å². The van der Waals surface area contributed by atoms with E-state index in [1.54, 1.807) is 0 Å². The van der Waals surface area contributed by atoms with Gasteiger partial charge in [-0.15, -0.1) is 0 Å². The zero-order valence-corrected chi connectivity index (χ0v) is 12.5. The van der Waals surface area contributed by atoms with E-state index in [1.165, 1.54) is 48.3 Å². The molecule has 1 heterocycles. The Hall–Kier alpha value is -1.76. The minimum absolute atomic E-state index is 0.734. The quantitative estimate of drug-likeness (QED) is 0.761. The standard InChI is InChI=1S/C19H23N/c1-15-8-9-16(2)19(14-15)20-12-10-18(11-13-20)17-6-4-3-5-7-17/h3-9,14,18H,10-13H2,1-2H3. The summed E-state index contributed by atoms with van der Waals surface area (Å²) >= 11 is 0. The average Bonchev–Trinajstić information content (AvgIpc) is 2.51. The molecular weight excluding hydrogens is 242 g/mol. The van der Waals surface area contributed by atoms with Crippen LogP contribution in [0.1, 0.15) is 35.4 Å². The molecule has 0 aromatic heterocycles. The van der Waals surface area contributed by atoms with Gasteiger partial charge in [0.15, 0.2) is 0 Å². The van der Waals surface area contributed by atoms with Gasteiger partial charge in [-0.2, -0.15) is 0 Å². The van der Waals surface area contributed by atoms with E-state index in [4.69, 9.17) is 0 Å². The van der Waals surface area contributed by atoms with Gasteiger partial charge in [0.25, 0.3) is 0 Å². The average molecular weight is 265 g/mol. The monoisotopic (exact) mass is 265 g/mol. The summed E-state index contributed by atoms with van der Waals surface area (Å²) in [6.07, 6.45) is 2.52. The molecule has 1 saturated heterocycles. The minimum atomic E-state index is 0.734. The van der Waals surface area contributed by atoms with E-state index in [0.29, 0.717) is 0 Å². The topological polar surface area (TPSA) is 3.24 Å². The molecule has 0 unspecified atom stereocenters. The lowest BCUT2D eigenvalue weighted by Crippen LogP contribution is -2.33. The molecule has 0 atom stereocenters. The van der Waals surface area contributed by atoms with Crippen LogP contribution >= 0.6 is 0 Å². The summed E-state index contributed by atoms with van der Waals surface area (Å²) in [6.45, 7) is 6.74. The Morgan fingerprint density at radius 2 is 1.60 bits per heavy atom. The lowest BCUT2D eigenvalue weighted by atomic mass is 9.89. The molecule has 2 aromatic carbocycles. The van der Waals surface area contributed by atoms with E-state index in [1.807, 2.05) is 0 Å². The van der Waals surface area contributed by atoms with Crippen molar-refractivity contribution in [1.82, 2.24) is 0 Å². The zero-order valence-electron chi connectivity index (χ0n) is 12.5. The summed E-state index contributed by atoms with van der Waals surface area (Å²) in [5.41, 5.74) is 5.69. The lowest BCUT2D eigenvalue weighted by Gasteiger charge is -2.35. The first-order valence-corrected chi connectivity index (χ1v) is 7.61. The van der Waals surface area contributed by atoms with Gasteiger partial charge in [-0.3, -0.25) is 0 Å². The molecule has 0 radical (unpaired) electrons. The molecule has 2 aromatic rings. The Balaban J connectivity index is 1.71. The number of piperidine rings is 1. The maximum absolute atomic E-state index is 2.56. The highest BCUT2D eigenvalue weighted by molar-refractivity contribution is 5.55. The fraction of sp³-hybridized carbons (Fsp3) is 0.368. The van der Waals surface area contributed by atoms with E-state index in [0.717, 1.165) is 5.92 Å². The summed E-state index contributed by atoms with van der Waals surface area (Å²) in [7, 11) is 0. The van der Waals surface area contributed by atoms with Gasteiger partial charge in [0.2, 0.25) is 0 Å². The molecule has 104 valence electrons. The van der Waals surface area contributed by atoms with Crippen molar-refractivity contribution in [2.24, 2.45) is 0 Å². The van der Waals surface area contributed by atoms with Crippen LogP contribution in [0, 0.1) is 13.8 Å². The highest BCUT2D eigenvalue weighted by atomic mass is 15.1. The smallest absolute Gasteiger partial charge is 0.0398 e. The number of rotatable bonds is 2. The summed E-state index contributed by atoms with van der Waals surface area (Å²) in [6, 6.07) is 17.8. The third-order valence-corrected chi connectivity index (χ3v) is 4.47. The summed E-state index contributed by atoms with van der Waals surface area (Å²) in [5, 5.41) is 0. The van der Waals surface area contributed by atoms with Gasteiger partial charge < -0.3 is 4.90 Å². The molecule has 20 heavy (non-hydrogen) atoms. The van der Waals surface area contributed by atoms with Crippen molar-refractivity contribution in [3.8, 4) is 0 Å². The Morgan fingerprint density at radius 3 is 2.30 bits per heavy atom. The van der Waals surface area contributed by atoms with Crippen LogP contribution in [0.2, 0.25) is 0 Å². The highest BCUT2D eigenvalue weighted by Crippen LogP contribution is 2.31. The van der Waals surface area contributed by atoms with Crippen LogP contribution in [0.25, 0.3) is 0 Å². The molecule has 0 aliphatic carbocycles. The molecule has 1 heteroatoms. The van der Waals surface area contributed by atoms with Crippen LogP contribution in [-0.2, 0) is 0 Å². The molecule has 0 bridgehead atoms. The van der Waals surface area contributed by atoms with Crippen LogP contribution < -0.4 is 4.90 Å². The second kappa shape index (κ2) is 5.70. The first-order chi connectivity index (χ1) is 9.74. The van der Waals surface area contributed by atoms with Gasteiger partial charge in [-0.05, 0) is 55.4 Å². The van der Waals surface area contributed by atoms with Gasteiger partial charge in [0.1, 0.15) is 0 Å². The van der Waals surface area contributed by atoms with E-state index < -0.39 is 0 Å². The molecule has 0 amide bonds. The fourth-order valence-electron chi connectivity index (χ4n) is 3.24. The predicted octanol–water partition coefficient (Wildman–Crippen LogP) is 4.69. The van der Waals surface area contributed by atoms with E-state index >= 15 is 0 Å². The van der Waals surface area contributed by atoms with Gasteiger partial charge >= 0.3 is 0 Å². The fourth-order valence-corrected chi connectivity index (χ4v) is 3.24. The normalized spacial score (nSPS) is 16.4. The first-order valence-electron chi connectivity index (χ1n) is 7.61. The number of anilines is 1. The van der Waals surface area contributed by atoms with Crippen molar-refractivity contribution < 1.29 is 0 Å². The summed E-state index contributed by atoms with van der Waals surface area (Å²) in [4.78, 5) is 2.56. The van der Waals surface area contributed by atoms with Gasteiger partial charge in [0.05, 0.1) is 0 Å². The van der Waals surface area contributed by atoms with Gasteiger partial charge in [0, 0.05) is 18.8 Å². The molecule has 0 N–H and O–H groups in total. The van der Waals surface area contributed by atoms with E-state index in [-0.39, 0.29) is 0 Å². The molecule has 0 spiro atoms. The largest absolute Gasteiger partial charge is 0.371 e. The number of nitrogens with zero attached hydrogens (tertiary/aromatic N) is 1. The molecular formula is C19H23N. The number of hydrogen-bond acceptors (Lipinski definition) is 1. The molecule has 1 aliphatic heterocycles. The molecule has 1 nitrogen and oxygen atoms in total. The second-order valence-electron chi connectivity index (χ2n) is 5.96. The first kappa shape index (κ1) is 13.2. The van der Waals surface area contributed by atoms with Crippen LogP contribution in [0.5, 0.6) is 0 Å².